The van der Waals surface area contributed by atoms with Gasteiger partial charge in [-0.3, -0.25) is 0 Å². The van der Waals surface area contributed by atoms with Crippen LogP contribution in [0.4, 0.5) is 0 Å². The van der Waals surface area contributed by atoms with Crippen LogP contribution in [0, 0.1) is 13.8 Å². The molecule has 0 spiro atoms. The van der Waals surface area contributed by atoms with Crippen molar-refractivity contribution in [3.63, 3.8) is 0 Å². The molecule has 0 unspecified atom stereocenters. The minimum atomic E-state index is -3.33. The Hall–Kier alpha value is -0.390. The normalized spacial score (nSPS) is 17.9. The number of rotatable bonds is 2. The van der Waals surface area contributed by atoms with Crippen molar-refractivity contribution in [1.29, 1.82) is 0 Å². The number of piperidine rings is 1. The fraction of sp³-hybridized carbons (Fsp3) is 0.538. The highest BCUT2D eigenvalue weighted by atomic mass is 79.9. The van der Waals surface area contributed by atoms with Gasteiger partial charge in [0.05, 0.1) is 4.90 Å². The molecule has 0 bridgehead atoms. The molecule has 1 aromatic rings. The first kappa shape index (κ1) is 14.0. The average molecular weight is 332 g/mol. The number of hydrogen-bond acceptors (Lipinski definition) is 2. The summed E-state index contributed by atoms with van der Waals surface area (Å²) in [4.78, 5) is 0.432. The first-order chi connectivity index (χ1) is 8.43. The lowest BCUT2D eigenvalue weighted by Gasteiger charge is -2.26. The second-order valence-corrected chi connectivity index (χ2v) is 7.59. The van der Waals surface area contributed by atoms with Crippen molar-refractivity contribution in [2.45, 2.75) is 38.0 Å². The van der Waals surface area contributed by atoms with Crippen LogP contribution < -0.4 is 0 Å². The molecule has 0 aliphatic carbocycles. The van der Waals surface area contributed by atoms with Crippen molar-refractivity contribution in [1.82, 2.24) is 4.31 Å². The Morgan fingerprint density at radius 2 is 1.67 bits per heavy atom. The topological polar surface area (TPSA) is 37.4 Å². The summed E-state index contributed by atoms with van der Waals surface area (Å²) < 4.78 is 27.6. The van der Waals surface area contributed by atoms with E-state index >= 15 is 0 Å². The van der Waals surface area contributed by atoms with Crippen molar-refractivity contribution in [2.24, 2.45) is 0 Å². The number of hydrogen-bond donors (Lipinski definition) is 0. The Bertz CT molecular complexity index is 548. The van der Waals surface area contributed by atoms with Crippen LogP contribution in [0.15, 0.2) is 21.5 Å². The molecule has 2 rings (SSSR count). The molecule has 3 nitrogen and oxygen atoms in total. The van der Waals surface area contributed by atoms with Crippen molar-refractivity contribution in [3.05, 3.63) is 27.7 Å². The highest BCUT2D eigenvalue weighted by Crippen LogP contribution is 2.28. The maximum atomic E-state index is 12.6. The number of aryl methyl sites for hydroxylation is 2. The molecule has 1 heterocycles. The van der Waals surface area contributed by atoms with Crippen LogP contribution in [0.1, 0.15) is 30.4 Å². The third-order valence-electron chi connectivity index (χ3n) is 3.39. The molecule has 1 aromatic carbocycles. The van der Waals surface area contributed by atoms with Gasteiger partial charge in [-0.2, -0.15) is 4.31 Å². The largest absolute Gasteiger partial charge is 0.243 e. The molecule has 5 heteroatoms. The summed E-state index contributed by atoms with van der Waals surface area (Å²) in [6, 6.07) is 3.65. The SMILES string of the molecule is Cc1cc(C)c(S(=O)(=O)N2CCCCC2)cc1Br. The van der Waals surface area contributed by atoms with Gasteiger partial charge < -0.3 is 0 Å². The quantitative estimate of drug-likeness (QED) is 0.834. The fourth-order valence-electron chi connectivity index (χ4n) is 2.33. The van der Waals surface area contributed by atoms with E-state index in [0.29, 0.717) is 18.0 Å². The van der Waals surface area contributed by atoms with Crippen LogP contribution >= 0.6 is 15.9 Å². The van der Waals surface area contributed by atoms with Crippen LogP contribution in [0.25, 0.3) is 0 Å². The van der Waals surface area contributed by atoms with Crippen LogP contribution in [0.5, 0.6) is 0 Å². The molecule has 0 saturated carbocycles. The molecule has 1 aliphatic rings. The molecule has 1 aliphatic heterocycles. The Kier molecular flexibility index (Phi) is 4.14. The average Bonchev–Trinajstić information content (AvgIpc) is 2.34. The third-order valence-corrected chi connectivity index (χ3v) is 6.28. The number of halogens is 1. The van der Waals surface area contributed by atoms with Gasteiger partial charge in [-0.05, 0) is 43.9 Å². The Morgan fingerprint density at radius 3 is 2.28 bits per heavy atom. The highest BCUT2D eigenvalue weighted by Gasteiger charge is 2.27. The van der Waals surface area contributed by atoms with E-state index in [1.54, 1.807) is 10.4 Å². The van der Waals surface area contributed by atoms with E-state index in [9.17, 15) is 8.42 Å². The van der Waals surface area contributed by atoms with Gasteiger partial charge in [-0.15, -0.1) is 0 Å². The molecular formula is C13H18BrNO2S. The van der Waals surface area contributed by atoms with Crippen molar-refractivity contribution in [3.8, 4) is 0 Å². The monoisotopic (exact) mass is 331 g/mol. The maximum absolute atomic E-state index is 12.6. The van der Waals surface area contributed by atoms with E-state index in [1.807, 2.05) is 19.9 Å². The summed E-state index contributed by atoms with van der Waals surface area (Å²) >= 11 is 3.41. The van der Waals surface area contributed by atoms with Gasteiger partial charge in [0.2, 0.25) is 10.0 Å². The first-order valence-corrected chi connectivity index (χ1v) is 8.43. The Balaban J connectivity index is 2.43. The lowest BCUT2D eigenvalue weighted by atomic mass is 10.2. The standard InChI is InChI=1S/C13H18BrNO2S/c1-10-8-11(2)13(9-12(10)14)18(16,17)15-6-4-3-5-7-15/h8-9H,3-7H2,1-2H3. The first-order valence-electron chi connectivity index (χ1n) is 6.20. The second kappa shape index (κ2) is 5.31. The zero-order chi connectivity index (χ0) is 13.3. The number of benzene rings is 1. The van der Waals surface area contributed by atoms with Gasteiger partial charge in [0.15, 0.2) is 0 Å². The molecule has 1 fully saturated rings. The zero-order valence-corrected chi connectivity index (χ0v) is 13.1. The number of nitrogens with zero attached hydrogens (tertiary/aromatic N) is 1. The molecule has 100 valence electrons. The molecule has 1 saturated heterocycles. The van der Waals surface area contributed by atoms with E-state index in [1.165, 1.54) is 0 Å². The highest BCUT2D eigenvalue weighted by molar-refractivity contribution is 9.10. The lowest BCUT2D eigenvalue weighted by Crippen LogP contribution is -2.36. The summed E-state index contributed by atoms with van der Waals surface area (Å²) in [5.41, 5.74) is 1.88. The summed E-state index contributed by atoms with van der Waals surface area (Å²) in [7, 11) is -3.33. The summed E-state index contributed by atoms with van der Waals surface area (Å²) in [5, 5.41) is 0. The molecule has 18 heavy (non-hydrogen) atoms. The van der Waals surface area contributed by atoms with Crippen molar-refractivity contribution in [2.75, 3.05) is 13.1 Å². The fourth-order valence-corrected chi connectivity index (χ4v) is 4.57. The van der Waals surface area contributed by atoms with Gasteiger partial charge in [0.25, 0.3) is 0 Å². The van der Waals surface area contributed by atoms with Crippen LogP contribution in [0.2, 0.25) is 0 Å². The molecule has 0 atom stereocenters. The van der Waals surface area contributed by atoms with Crippen molar-refractivity contribution >= 4 is 26.0 Å². The summed E-state index contributed by atoms with van der Waals surface area (Å²) in [5.74, 6) is 0. The summed E-state index contributed by atoms with van der Waals surface area (Å²) in [6.07, 6.45) is 3.05. The van der Waals surface area contributed by atoms with Crippen LogP contribution in [-0.2, 0) is 10.0 Å². The van der Waals surface area contributed by atoms with E-state index in [-0.39, 0.29) is 0 Å². The molecular weight excluding hydrogens is 314 g/mol. The lowest BCUT2D eigenvalue weighted by molar-refractivity contribution is 0.346. The predicted molar refractivity (Wildman–Crippen MR) is 76.2 cm³/mol. The zero-order valence-electron chi connectivity index (χ0n) is 10.7. The van der Waals surface area contributed by atoms with Gasteiger partial charge in [-0.25, -0.2) is 8.42 Å². The molecule has 0 amide bonds. The van der Waals surface area contributed by atoms with E-state index in [2.05, 4.69) is 15.9 Å². The van der Waals surface area contributed by atoms with E-state index < -0.39 is 10.0 Å². The summed E-state index contributed by atoms with van der Waals surface area (Å²) in [6.45, 7) is 5.12. The Labute approximate surface area is 117 Å². The minimum absolute atomic E-state index is 0.432. The minimum Gasteiger partial charge on any atom is -0.207 e. The van der Waals surface area contributed by atoms with Gasteiger partial charge in [-0.1, -0.05) is 28.4 Å². The van der Waals surface area contributed by atoms with Crippen LogP contribution in [0.3, 0.4) is 0 Å². The molecule has 0 aromatic heterocycles. The van der Waals surface area contributed by atoms with E-state index in [4.69, 9.17) is 0 Å². The third kappa shape index (κ3) is 2.63. The predicted octanol–water partition coefficient (Wildman–Crippen LogP) is 3.24. The van der Waals surface area contributed by atoms with Crippen molar-refractivity contribution < 1.29 is 8.42 Å². The van der Waals surface area contributed by atoms with Crippen LogP contribution in [-0.4, -0.2) is 25.8 Å². The van der Waals surface area contributed by atoms with Gasteiger partial charge >= 0.3 is 0 Å². The maximum Gasteiger partial charge on any atom is 0.243 e. The Morgan fingerprint density at radius 1 is 1.06 bits per heavy atom. The number of sulfonamides is 1. The van der Waals surface area contributed by atoms with Gasteiger partial charge in [0.1, 0.15) is 0 Å². The van der Waals surface area contributed by atoms with E-state index in [0.717, 1.165) is 34.9 Å². The van der Waals surface area contributed by atoms with Gasteiger partial charge in [0, 0.05) is 17.6 Å². The molecule has 0 radical (unpaired) electrons. The smallest absolute Gasteiger partial charge is 0.207 e. The second-order valence-electron chi connectivity index (χ2n) is 4.83. The molecule has 0 N–H and O–H groups in total.